The Kier molecular flexibility index (Phi) is 5.46. The van der Waals surface area contributed by atoms with Crippen molar-refractivity contribution >= 4 is 11.6 Å². The van der Waals surface area contributed by atoms with E-state index in [0.717, 1.165) is 53.5 Å². The minimum atomic E-state index is 0.168. The van der Waals surface area contributed by atoms with E-state index >= 15 is 0 Å². The van der Waals surface area contributed by atoms with E-state index in [4.69, 9.17) is 16.6 Å². The second-order valence-electron chi connectivity index (χ2n) is 7.07. The highest BCUT2D eigenvalue weighted by atomic mass is 35.5. The lowest BCUT2D eigenvalue weighted by Gasteiger charge is -2.31. The van der Waals surface area contributed by atoms with Crippen LogP contribution in [0.2, 0.25) is 5.02 Å². The summed E-state index contributed by atoms with van der Waals surface area (Å²) in [6, 6.07) is 14.5. The van der Waals surface area contributed by atoms with E-state index < -0.39 is 0 Å². The van der Waals surface area contributed by atoms with Crippen molar-refractivity contribution in [2.24, 2.45) is 0 Å². The monoisotopic (exact) mass is 378 g/mol. The van der Waals surface area contributed by atoms with Gasteiger partial charge in [0.15, 0.2) is 0 Å². The Hall–Kier alpha value is -2.30. The molecule has 0 saturated carbocycles. The number of hydrogen-bond donors (Lipinski definition) is 1. The fraction of sp³-hybridized carbons (Fsp3) is 0.318. The standard InChI is InChI=1S/C22H23ClN4/c1-15-6-4-12-24-21(15)14-16-7-2-9-18(26-16)19-10-3-11-20(27-19)22-17(23)8-5-13-25-22/h2,4-9,12-13,19-20,27H,3,10-11,14H2,1H3/t19-,20+/m1/s1. The summed E-state index contributed by atoms with van der Waals surface area (Å²) in [6.07, 6.45) is 7.64. The van der Waals surface area contributed by atoms with Crippen LogP contribution < -0.4 is 5.32 Å². The van der Waals surface area contributed by atoms with E-state index in [2.05, 4.69) is 46.5 Å². The van der Waals surface area contributed by atoms with Crippen LogP contribution in [0, 0.1) is 6.92 Å². The van der Waals surface area contributed by atoms with E-state index in [1.54, 1.807) is 6.20 Å². The molecule has 4 heterocycles. The Morgan fingerprint density at radius 2 is 1.81 bits per heavy atom. The molecule has 1 N–H and O–H groups in total. The average molecular weight is 379 g/mol. The summed E-state index contributed by atoms with van der Waals surface area (Å²) in [7, 11) is 0. The molecule has 0 bridgehead atoms. The lowest BCUT2D eigenvalue weighted by atomic mass is 9.94. The van der Waals surface area contributed by atoms with Crippen LogP contribution >= 0.6 is 11.6 Å². The van der Waals surface area contributed by atoms with Gasteiger partial charge in [0.2, 0.25) is 0 Å². The van der Waals surface area contributed by atoms with Gasteiger partial charge in [0.1, 0.15) is 0 Å². The topological polar surface area (TPSA) is 50.7 Å². The van der Waals surface area contributed by atoms with Crippen LogP contribution in [0.4, 0.5) is 0 Å². The number of aryl methyl sites for hydroxylation is 1. The number of nitrogens with one attached hydrogen (secondary N) is 1. The largest absolute Gasteiger partial charge is 0.300 e. The summed E-state index contributed by atoms with van der Waals surface area (Å²) >= 11 is 6.36. The third-order valence-electron chi connectivity index (χ3n) is 5.16. The van der Waals surface area contributed by atoms with Crippen molar-refractivity contribution in [2.75, 3.05) is 0 Å². The molecule has 0 radical (unpaired) electrons. The summed E-state index contributed by atoms with van der Waals surface area (Å²) in [5.41, 5.74) is 5.35. The molecule has 3 aromatic heterocycles. The Morgan fingerprint density at radius 1 is 1.00 bits per heavy atom. The fourth-order valence-electron chi connectivity index (χ4n) is 3.70. The molecule has 0 amide bonds. The first-order valence-corrected chi connectivity index (χ1v) is 9.81. The molecule has 3 aromatic rings. The van der Waals surface area contributed by atoms with Gasteiger partial charge in [-0.1, -0.05) is 23.7 Å². The minimum absolute atomic E-state index is 0.168. The minimum Gasteiger partial charge on any atom is -0.300 e. The smallest absolute Gasteiger partial charge is 0.0759 e. The molecule has 1 fully saturated rings. The maximum Gasteiger partial charge on any atom is 0.0759 e. The quantitative estimate of drug-likeness (QED) is 0.695. The van der Waals surface area contributed by atoms with Crippen molar-refractivity contribution in [3.63, 3.8) is 0 Å². The predicted octanol–water partition coefficient (Wildman–Crippen LogP) is 4.98. The van der Waals surface area contributed by atoms with E-state index in [-0.39, 0.29) is 12.1 Å². The molecular weight excluding hydrogens is 356 g/mol. The van der Waals surface area contributed by atoms with E-state index in [9.17, 15) is 0 Å². The molecule has 0 aromatic carbocycles. The third kappa shape index (κ3) is 4.18. The molecule has 27 heavy (non-hydrogen) atoms. The molecule has 2 atom stereocenters. The van der Waals surface area contributed by atoms with Crippen molar-refractivity contribution < 1.29 is 0 Å². The van der Waals surface area contributed by atoms with E-state index in [1.165, 1.54) is 5.56 Å². The molecule has 4 nitrogen and oxygen atoms in total. The van der Waals surface area contributed by atoms with Gasteiger partial charge in [0.25, 0.3) is 0 Å². The van der Waals surface area contributed by atoms with Gasteiger partial charge in [-0.3, -0.25) is 15.0 Å². The fourth-order valence-corrected chi connectivity index (χ4v) is 3.96. The van der Waals surface area contributed by atoms with Gasteiger partial charge in [-0.05, 0) is 62.1 Å². The highest BCUT2D eigenvalue weighted by molar-refractivity contribution is 6.31. The zero-order chi connectivity index (χ0) is 18.6. The molecule has 0 aliphatic carbocycles. The van der Waals surface area contributed by atoms with Gasteiger partial charge in [-0.25, -0.2) is 0 Å². The molecular formula is C22H23ClN4. The van der Waals surface area contributed by atoms with Crippen LogP contribution in [0.3, 0.4) is 0 Å². The average Bonchev–Trinajstić information content (AvgIpc) is 2.70. The van der Waals surface area contributed by atoms with Crippen LogP contribution in [-0.2, 0) is 6.42 Å². The number of halogens is 1. The summed E-state index contributed by atoms with van der Waals surface area (Å²) in [5, 5.41) is 4.43. The lowest BCUT2D eigenvalue weighted by molar-refractivity contribution is 0.321. The van der Waals surface area contributed by atoms with Gasteiger partial charge < -0.3 is 5.32 Å². The van der Waals surface area contributed by atoms with E-state index in [0.29, 0.717) is 0 Å². The molecule has 0 unspecified atom stereocenters. The Morgan fingerprint density at radius 3 is 2.67 bits per heavy atom. The summed E-state index contributed by atoms with van der Waals surface area (Å²) in [4.78, 5) is 13.9. The molecule has 1 aliphatic rings. The number of nitrogens with zero attached hydrogens (tertiary/aromatic N) is 3. The highest BCUT2D eigenvalue weighted by Crippen LogP contribution is 2.33. The third-order valence-corrected chi connectivity index (χ3v) is 5.48. The maximum atomic E-state index is 6.36. The second kappa shape index (κ2) is 8.15. The van der Waals surface area contributed by atoms with Crippen molar-refractivity contribution in [1.29, 1.82) is 0 Å². The number of rotatable bonds is 4. The maximum absolute atomic E-state index is 6.36. The Bertz CT molecular complexity index is 927. The van der Waals surface area contributed by atoms with Crippen molar-refractivity contribution in [3.05, 3.63) is 88.2 Å². The van der Waals surface area contributed by atoms with Crippen LogP contribution in [0.25, 0.3) is 0 Å². The molecule has 1 saturated heterocycles. The van der Waals surface area contributed by atoms with Gasteiger partial charge in [-0.2, -0.15) is 0 Å². The molecule has 0 spiro atoms. The Labute approximate surface area is 165 Å². The van der Waals surface area contributed by atoms with Crippen LogP contribution in [-0.4, -0.2) is 15.0 Å². The van der Waals surface area contributed by atoms with Crippen LogP contribution in [0.15, 0.2) is 54.9 Å². The SMILES string of the molecule is Cc1cccnc1Cc1cccc([C@H]2CCC[C@@H](c3ncccc3Cl)N2)n1. The van der Waals surface area contributed by atoms with Gasteiger partial charge in [-0.15, -0.1) is 0 Å². The summed E-state index contributed by atoms with van der Waals surface area (Å²) < 4.78 is 0. The Balaban J connectivity index is 1.53. The molecule has 138 valence electrons. The number of pyridine rings is 3. The molecule has 5 heteroatoms. The second-order valence-corrected chi connectivity index (χ2v) is 7.48. The lowest BCUT2D eigenvalue weighted by Crippen LogP contribution is -2.32. The number of piperidine rings is 1. The highest BCUT2D eigenvalue weighted by Gasteiger charge is 2.26. The van der Waals surface area contributed by atoms with Gasteiger partial charge >= 0.3 is 0 Å². The van der Waals surface area contributed by atoms with Crippen LogP contribution in [0.5, 0.6) is 0 Å². The van der Waals surface area contributed by atoms with Crippen molar-refractivity contribution in [2.45, 2.75) is 44.7 Å². The first kappa shape index (κ1) is 18.1. The van der Waals surface area contributed by atoms with Crippen molar-refractivity contribution in [3.8, 4) is 0 Å². The number of hydrogen-bond acceptors (Lipinski definition) is 4. The number of aromatic nitrogens is 3. The zero-order valence-electron chi connectivity index (χ0n) is 15.4. The van der Waals surface area contributed by atoms with Gasteiger partial charge in [0, 0.05) is 36.2 Å². The van der Waals surface area contributed by atoms with E-state index in [1.807, 2.05) is 24.4 Å². The molecule has 4 rings (SSSR count). The normalized spacial score (nSPS) is 19.8. The zero-order valence-corrected chi connectivity index (χ0v) is 16.2. The van der Waals surface area contributed by atoms with Crippen molar-refractivity contribution in [1.82, 2.24) is 20.3 Å². The molecule has 1 aliphatic heterocycles. The first-order chi connectivity index (χ1) is 13.2. The van der Waals surface area contributed by atoms with Crippen LogP contribution in [0.1, 0.15) is 59.7 Å². The summed E-state index contributed by atoms with van der Waals surface area (Å²) in [5.74, 6) is 0. The summed E-state index contributed by atoms with van der Waals surface area (Å²) in [6.45, 7) is 2.09. The predicted molar refractivity (Wildman–Crippen MR) is 108 cm³/mol. The van der Waals surface area contributed by atoms with Gasteiger partial charge in [0.05, 0.1) is 22.5 Å². The first-order valence-electron chi connectivity index (χ1n) is 9.43.